The lowest BCUT2D eigenvalue weighted by Gasteiger charge is -2.27. The molecule has 0 fully saturated rings. The average molecular weight is 320 g/mol. The Morgan fingerprint density at radius 2 is 1.74 bits per heavy atom. The number of benzene rings is 2. The molecule has 0 saturated carbocycles. The molecule has 1 atom stereocenters. The summed E-state index contributed by atoms with van der Waals surface area (Å²) in [6.07, 6.45) is 0.745. The lowest BCUT2D eigenvalue weighted by Crippen LogP contribution is -2.36. The van der Waals surface area contributed by atoms with Gasteiger partial charge < -0.3 is 10.5 Å². The van der Waals surface area contributed by atoms with Crippen molar-refractivity contribution in [1.82, 2.24) is 0 Å². The second-order valence-electron chi connectivity index (χ2n) is 4.89. The average Bonchev–Trinajstić information content (AvgIpc) is 2.41. The van der Waals surface area contributed by atoms with Crippen LogP contribution in [0.15, 0.2) is 53.0 Å². The van der Waals surface area contributed by atoms with Crippen LogP contribution < -0.4 is 10.5 Å². The minimum absolute atomic E-state index is 0.476. The number of methoxy groups -OCH3 is 1. The molecular formula is C16H18BrNO. The van der Waals surface area contributed by atoms with Crippen molar-refractivity contribution < 1.29 is 4.74 Å². The Hall–Kier alpha value is -1.32. The van der Waals surface area contributed by atoms with Gasteiger partial charge in [0.2, 0.25) is 0 Å². The second kappa shape index (κ2) is 5.76. The van der Waals surface area contributed by atoms with Gasteiger partial charge in [-0.15, -0.1) is 0 Å². The number of nitrogens with two attached hydrogens (primary N) is 1. The van der Waals surface area contributed by atoms with Gasteiger partial charge in [-0.3, -0.25) is 0 Å². The number of hydrogen-bond donors (Lipinski definition) is 1. The van der Waals surface area contributed by atoms with Crippen molar-refractivity contribution in [3.8, 4) is 5.75 Å². The maximum absolute atomic E-state index is 6.51. The molecule has 0 heterocycles. The summed E-state index contributed by atoms with van der Waals surface area (Å²) in [5, 5.41) is 0. The van der Waals surface area contributed by atoms with Gasteiger partial charge in [-0.1, -0.05) is 52.3 Å². The monoisotopic (exact) mass is 319 g/mol. The van der Waals surface area contributed by atoms with Gasteiger partial charge in [0, 0.05) is 15.6 Å². The zero-order chi connectivity index (χ0) is 13.9. The molecule has 0 radical (unpaired) electrons. The van der Waals surface area contributed by atoms with Gasteiger partial charge in [-0.25, -0.2) is 0 Å². The van der Waals surface area contributed by atoms with E-state index in [1.165, 1.54) is 5.56 Å². The molecule has 0 aromatic heterocycles. The molecule has 0 bridgehead atoms. The van der Waals surface area contributed by atoms with Crippen LogP contribution in [0, 0.1) is 0 Å². The Bertz CT molecular complexity index is 566. The van der Waals surface area contributed by atoms with E-state index in [0.717, 1.165) is 22.2 Å². The molecule has 0 spiro atoms. The van der Waals surface area contributed by atoms with Gasteiger partial charge in [0.1, 0.15) is 5.75 Å². The normalized spacial score (nSPS) is 13.9. The molecule has 1 unspecified atom stereocenters. The summed E-state index contributed by atoms with van der Waals surface area (Å²) in [6, 6.07) is 16.1. The molecule has 2 aromatic rings. The maximum atomic E-state index is 6.51. The molecule has 0 amide bonds. The van der Waals surface area contributed by atoms with Crippen LogP contribution >= 0.6 is 15.9 Å². The van der Waals surface area contributed by atoms with Gasteiger partial charge in [0.25, 0.3) is 0 Å². The molecule has 2 rings (SSSR count). The van der Waals surface area contributed by atoms with Crippen molar-refractivity contribution >= 4 is 15.9 Å². The number of halogens is 1. The maximum Gasteiger partial charge on any atom is 0.123 e. The summed E-state index contributed by atoms with van der Waals surface area (Å²) >= 11 is 3.57. The molecule has 0 aliphatic rings. The minimum Gasteiger partial charge on any atom is -0.496 e. The van der Waals surface area contributed by atoms with Crippen molar-refractivity contribution in [2.45, 2.75) is 18.9 Å². The first-order chi connectivity index (χ1) is 9.04. The predicted octanol–water partition coefficient (Wildman–Crippen LogP) is 3.87. The SMILES string of the molecule is COc1ccccc1C(C)(N)Cc1ccccc1Br. The first-order valence-electron chi connectivity index (χ1n) is 6.20. The van der Waals surface area contributed by atoms with Crippen LogP contribution in [-0.2, 0) is 12.0 Å². The van der Waals surface area contributed by atoms with Gasteiger partial charge >= 0.3 is 0 Å². The number of hydrogen-bond acceptors (Lipinski definition) is 2. The Labute approximate surface area is 122 Å². The first-order valence-corrected chi connectivity index (χ1v) is 6.99. The number of rotatable bonds is 4. The van der Waals surface area contributed by atoms with E-state index in [1.807, 2.05) is 49.4 Å². The van der Waals surface area contributed by atoms with E-state index in [1.54, 1.807) is 7.11 Å². The molecule has 0 saturated heterocycles. The van der Waals surface area contributed by atoms with Gasteiger partial charge in [0.15, 0.2) is 0 Å². The number of ether oxygens (including phenoxy) is 1. The lowest BCUT2D eigenvalue weighted by atomic mass is 9.86. The van der Waals surface area contributed by atoms with Crippen molar-refractivity contribution in [2.24, 2.45) is 5.73 Å². The second-order valence-corrected chi connectivity index (χ2v) is 5.74. The van der Waals surface area contributed by atoms with Crippen molar-refractivity contribution in [3.05, 3.63) is 64.1 Å². The zero-order valence-electron chi connectivity index (χ0n) is 11.2. The quantitative estimate of drug-likeness (QED) is 0.928. The largest absolute Gasteiger partial charge is 0.496 e. The first kappa shape index (κ1) is 14.1. The fourth-order valence-corrected chi connectivity index (χ4v) is 2.67. The van der Waals surface area contributed by atoms with Crippen LogP contribution in [0.4, 0.5) is 0 Å². The lowest BCUT2D eigenvalue weighted by molar-refractivity contribution is 0.386. The van der Waals surface area contributed by atoms with Crippen molar-refractivity contribution in [1.29, 1.82) is 0 Å². The molecule has 2 aromatic carbocycles. The van der Waals surface area contributed by atoms with Crippen molar-refractivity contribution in [2.75, 3.05) is 7.11 Å². The van der Waals surface area contributed by atoms with Crippen molar-refractivity contribution in [3.63, 3.8) is 0 Å². The van der Waals surface area contributed by atoms with E-state index in [2.05, 4.69) is 22.0 Å². The smallest absolute Gasteiger partial charge is 0.123 e. The van der Waals surface area contributed by atoms with E-state index < -0.39 is 5.54 Å². The fraction of sp³-hybridized carbons (Fsp3) is 0.250. The fourth-order valence-electron chi connectivity index (χ4n) is 2.25. The highest BCUT2D eigenvalue weighted by molar-refractivity contribution is 9.10. The summed E-state index contributed by atoms with van der Waals surface area (Å²) in [5.41, 5.74) is 8.25. The highest BCUT2D eigenvalue weighted by Crippen LogP contribution is 2.32. The molecule has 0 aliphatic carbocycles. The highest BCUT2D eigenvalue weighted by atomic mass is 79.9. The Morgan fingerprint density at radius 3 is 2.42 bits per heavy atom. The zero-order valence-corrected chi connectivity index (χ0v) is 12.8. The third-order valence-electron chi connectivity index (χ3n) is 3.24. The molecule has 2 N–H and O–H groups in total. The Kier molecular flexibility index (Phi) is 4.27. The third kappa shape index (κ3) is 3.17. The van der Waals surface area contributed by atoms with E-state index in [0.29, 0.717) is 0 Å². The number of para-hydroxylation sites is 1. The van der Waals surface area contributed by atoms with E-state index in [9.17, 15) is 0 Å². The van der Waals surface area contributed by atoms with Gasteiger partial charge in [-0.2, -0.15) is 0 Å². The summed E-state index contributed by atoms with van der Waals surface area (Å²) < 4.78 is 6.49. The summed E-state index contributed by atoms with van der Waals surface area (Å²) in [7, 11) is 1.67. The van der Waals surface area contributed by atoms with E-state index in [4.69, 9.17) is 10.5 Å². The molecule has 19 heavy (non-hydrogen) atoms. The molecular weight excluding hydrogens is 302 g/mol. The molecule has 0 aliphatic heterocycles. The predicted molar refractivity (Wildman–Crippen MR) is 82.4 cm³/mol. The molecule has 100 valence electrons. The van der Waals surface area contributed by atoms with Crippen LogP contribution in [0.5, 0.6) is 5.75 Å². The van der Waals surface area contributed by atoms with Gasteiger partial charge in [-0.05, 0) is 31.0 Å². The third-order valence-corrected chi connectivity index (χ3v) is 4.01. The van der Waals surface area contributed by atoms with E-state index in [-0.39, 0.29) is 0 Å². The van der Waals surface area contributed by atoms with Crippen LogP contribution in [0.2, 0.25) is 0 Å². The topological polar surface area (TPSA) is 35.2 Å². The van der Waals surface area contributed by atoms with Crippen LogP contribution in [0.25, 0.3) is 0 Å². The Morgan fingerprint density at radius 1 is 1.11 bits per heavy atom. The standard InChI is InChI=1S/C16H18BrNO/c1-16(18,11-12-7-3-5-9-14(12)17)13-8-4-6-10-15(13)19-2/h3-10H,11,18H2,1-2H3. The summed E-state index contributed by atoms with van der Waals surface area (Å²) in [4.78, 5) is 0. The Balaban J connectivity index is 2.35. The van der Waals surface area contributed by atoms with Crippen LogP contribution in [-0.4, -0.2) is 7.11 Å². The highest BCUT2D eigenvalue weighted by Gasteiger charge is 2.25. The molecule has 2 nitrogen and oxygen atoms in total. The summed E-state index contributed by atoms with van der Waals surface area (Å²) in [6.45, 7) is 2.03. The van der Waals surface area contributed by atoms with Crippen LogP contribution in [0.1, 0.15) is 18.1 Å². The van der Waals surface area contributed by atoms with Crippen LogP contribution in [0.3, 0.4) is 0 Å². The minimum atomic E-state index is -0.476. The van der Waals surface area contributed by atoms with Gasteiger partial charge in [0.05, 0.1) is 7.11 Å². The molecule has 3 heteroatoms. The summed E-state index contributed by atoms with van der Waals surface area (Å²) in [5.74, 6) is 0.833. The van der Waals surface area contributed by atoms with E-state index >= 15 is 0 Å².